The Balaban J connectivity index is 1.11. The van der Waals surface area contributed by atoms with E-state index < -0.39 is 0 Å². The molecule has 6 nitrogen and oxygen atoms in total. The third-order valence-electron chi connectivity index (χ3n) is 6.78. The molecule has 1 aliphatic heterocycles. The molecule has 0 radical (unpaired) electrons. The van der Waals surface area contributed by atoms with Crippen molar-refractivity contribution in [3.05, 3.63) is 76.3 Å². The molecule has 1 N–H and O–H groups in total. The van der Waals surface area contributed by atoms with Gasteiger partial charge in [0.05, 0.1) is 16.3 Å². The Bertz CT molecular complexity index is 1320. The Morgan fingerprint density at radius 2 is 1.77 bits per heavy atom. The van der Waals surface area contributed by atoms with Crippen LogP contribution >= 0.6 is 11.3 Å². The molecular weight excluding hydrogens is 454 g/mol. The van der Waals surface area contributed by atoms with E-state index >= 15 is 0 Å². The lowest BCUT2D eigenvalue weighted by molar-refractivity contribution is 0.0955. The summed E-state index contributed by atoms with van der Waals surface area (Å²) in [5, 5.41) is 8.84. The van der Waals surface area contributed by atoms with E-state index in [9.17, 15) is 4.79 Å². The molecular formula is C28H33N5OS. The summed E-state index contributed by atoms with van der Waals surface area (Å²) in [6, 6.07) is 18.7. The van der Waals surface area contributed by atoms with Crippen molar-refractivity contribution in [2.45, 2.75) is 27.2 Å². The van der Waals surface area contributed by atoms with Crippen molar-refractivity contribution in [3.8, 4) is 5.69 Å². The van der Waals surface area contributed by atoms with Crippen LogP contribution in [0.15, 0.2) is 54.6 Å². The number of para-hydroxylation sites is 1. The number of anilines is 1. The van der Waals surface area contributed by atoms with E-state index in [2.05, 4.69) is 52.3 Å². The molecule has 2 aromatic carbocycles. The number of piperazine rings is 1. The summed E-state index contributed by atoms with van der Waals surface area (Å²) in [7, 11) is 0. The summed E-state index contributed by atoms with van der Waals surface area (Å²) in [4.78, 5) is 19.6. The molecule has 0 saturated carbocycles. The van der Waals surface area contributed by atoms with Crippen molar-refractivity contribution in [2.24, 2.45) is 0 Å². The average molecular weight is 488 g/mol. The van der Waals surface area contributed by atoms with Crippen molar-refractivity contribution in [2.75, 3.05) is 44.2 Å². The fourth-order valence-corrected chi connectivity index (χ4v) is 5.87. The second-order valence-electron chi connectivity index (χ2n) is 9.39. The van der Waals surface area contributed by atoms with Crippen molar-refractivity contribution in [3.63, 3.8) is 0 Å². The summed E-state index contributed by atoms with van der Waals surface area (Å²) < 4.78 is 1.93. The number of nitrogens with zero attached hydrogens (tertiary/aromatic N) is 4. The molecule has 7 heteroatoms. The maximum atomic E-state index is 12.8. The van der Waals surface area contributed by atoms with Crippen LogP contribution in [0.3, 0.4) is 0 Å². The summed E-state index contributed by atoms with van der Waals surface area (Å²) in [5.41, 5.74) is 5.98. The highest BCUT2D eigenvalue weighted by Gasteiger charge is 2.19. The normalized spacial score (nSPS) is 14.5. The lowest BCUT2D eigenvalue weighted by atomic mass is 10.1. The highest BCUT2D eigenvalue weighted by molar-refractivity contribution is 7.20. The van der Waals surface area contributed by atoms with Gasteiger partial charge in [-0.3, -0.25) is 9.69 Å². The number of fused-ring (bicyclic) bond motifs is 1. The van der Waals surface area contributed by atoms with E-state index in [0.29, 0.717) is 6.54 Å². The Hall–Kier alpha value is -3.16. The molecule has 1 aliphatic rings. The van der Waals surface area contributed by atoms with E-state index in [1.165, 1.54) is 28.2 Å². The van der Waals surface area contributed by atoms with E-state index in [0.717, 1.165) is 65.6 Å². The smallest absolute Gasteiger partial charge is 0.261 e. The molecule has 35 heavy (non-hydrogen) atoms. The molecule has 5 rings (SSSR count). The van der Waals surface area contributed by atoms with Gasteiger partial charge in [0, 0.05) is 43.8 Å². The second-order valence-corrected chi connectivity index (χ2v) is 10.4. The lowest BCUT2D eigenvalue weighted by Crippen LogP contribution is -2.47. The van der Waals surface area contributed by atoms with E-state index in [-0.39, 0.29) is 5.91 Å². The maximum Gasteiger partial charge on any atom is 0.261 e. The number of rotatable bonds is 7. The van der Waals surface area contributed by atoms with Gasteiger partial charge in [-0.2, -0.15) is 5.10 Å². The number of aromatic nitrogens is 2. The minimum atomic E-state index is 0.00459. The zero-order valence-electron chi connectivity index (χ0n) is 20.8. The number of benzene rings is 2. The highest BCUT2D eigenvalue weighted by Crippen LogP contribution is 2.30. The Kier molecular flexibility index (Phi) is 6.88. The standard InChI is InChI=1S/C28H33N5OS/c1-20-10-11-21(2)25(18-20)32-16-14-31(15-17-32)13-7-12-29-27(34)26-19-24-22(3)30-33(28(24)35-26)23-8-5-4-6-9-23/h4-6,8-11,18-19H,7,12-17H2,1-3H3,(H,29,34). The maximum absolute atomic E-state index is 12.8. The molecule has 1 saturated heterocycles. The minimum Gasteiger partial charge on any atom is -0.369 e. The second kappa shape index (κ2) is 10.2. The Labute approximate surface area is 211 Å². The van der Waals surface area contributed by atoms with Crippen molar-refractivity contribution in [1.82, 2.24) is 20.0 Å². The molecule has 0 unspecified atom stereocenters. The van der Waals surface area contributed by atoms with Gasteiger partial charge in [-0.05, 0) is 69.1 Å². The van der Waals surface area contributed by atoms with Gasteiger partial charge in [0.2, 0.25) is 0 Å². The molecule has 1 amide bonds. The van der Waals surface area contributed by atoms with E-state index in [4.69, 9.17) is 0 Å². The number of amides is 1. The largest absolute Gasteiger partial charge is 0.369 e. The highest BCUT2D eigenvalue weighted by atomic mass is 32.1. The van der Waals surface area contributed by atoms with Gasteiger partial charge < -0.3 is 10.2 Å². The average Bonchev–Trinajstić information content (AvgIpc) is 3.45. The number of thiophene rings is 1. The van der Waals surface area contributed by atoms with Gasteiger partial charge in [-0.25, -0.2) is 4.68 Å². The molecule has 3 heterocycles. The third kappa shape index (κ3) is 5.11. The Morgan fingerprint density at radius 3 is 2.54 bits per heavy atom. The SMILES string of the molecule is Cc1ccc(C)c(N2CCN(CCCNC(=O)c3cc4c(C)nn(-c5ccccc5)c4s3)CC2)c1. The molecule has 0 spiro atoms. The van der Waals surface area contributed by atoms with Gasteiger partial charge in [-0.1, -0.05) is 30.3 Å². The van der Waals surface area contributed by atoms with Crippen LogP contribution in [0.5, 0.6) is 0 Å². The van der Waals surface area contributed by atoms with Gasteiger partial charge in [0.1, 0.15) is 4.83 Å². The van der Waals surface area contributed by atoms with Crippen molar-refractivity contribution >= 4 is 33.1 Å². The summed E-state index contributed by atoms with van der Waals surface area (Å²) in [5.74, 6) is 0.00459. The molecule has 182 valence electrons. The van der Waals surface area contributed by atoms with Gasteiger partial charge >= 0.3 is 0 Å². The third-order valence-corrected chi connectivity index (χ3v) is 7.89. The molecule has 2 aromatic heterocycles. The van der Waals surface area contributed by atoms with Gasteiger partial charge in [0.15, 0.2) is 0 Å². The topological polar surface area (TPSA) is 53.4 Å². The quantitative estimate of drug-likeness (QED) is 0.375. The number of hydrogen-bond acceptors (Lipinski definition) is 5. The van der Waals surface area contributed by atoms with Crippen LogP contribution in [0.1, 0.15) is 32.9 Å². The van der Waals surface area contributed by atoms with E-state index in [1.54, 1.807) is 0 Å². The van der Waals surface area contributed by atoms with Crippen LogP contribution in [0.25, 0.3) is 15.9 Å². The van der Waals surface area contributed by atoms with Crippen LogP contribution in [0.2, 0.25) is 0 Å². The molecule has 4 aromatic rings. The first-order valence-electron chi connectivity index (χ1n) is 12.4. The van der Waals surface area contributed by atoms with Gasteiger partial charge in [-0.15, -0.1) is 11.3 Å². The first-order valence-corrected chi connectivity index (χ1v) is 13.2. The zero-order chi connectivity index (χ0) is 24.4. The number of carbonyl (C=O) groups is 1. The molecule has 0 atom stereocenters. The monoisotopic (exact) mass is 487 g/mol. The predicted octanol–water partition coefficient (Wildman–Crippen LogP) is 4.95. The van der Waals surface area contributed by atoms with E-state index in [1.807, 2.05) is 48.0 Å². The first-order chi connectivity index (χ1) is 17.0. The van der Waals surface area contributed by atoms with Crippen LogP contribution in [-0.2, 0) is 0 Å². The minimum absolute atomic E-state index is 0.00459. The predicted molar refractivity (Wildman–Crippen MR) is 145 cm³/mol. The number of aryl methyl sites for hydroxylation is 3. The molecule has 0 bridgehead atoms. The fourth-order valence-electron chi connectivity index (χ4n) is 4.77. The number of hydrogen-bond donors (Lipinski definition) is 1. The molecule has 0 aliphatic carbocycles. The molecule has 1 fully saturated rings. The van der Waals surface area contributed by atoms with Crippen LogP contribution in [-0.4, -0.2) is 59.9 Å². The summed E-state index contributed by atoms with van der Waals surface area (Å²) in [6.07, 6.45) is 0.955. The summed E-state index contributed by atoms with van der Waals surface area (Å²) in [6.45, 7) is 12.3. The van der Waals surface area contributed by atoms with Crippen molar-refractivity contribution in [1.29, 1.82) is 0 Å². The number of carbonyl (C=O) groups excluding carboxylic acids is 1. The van der Waals surface area contributed by atoms with Gasteiger partial charge in [0.25, 0.3) is 5.91 Å². The zero-order valence-corrected chi connectivity index (χ0v) is 21.6. The van der Waals surface area contributed by atoms with Crippen molar-refractivity contribution < 1.29 is 4.79 Å². The number of nitrogens with one attached hydrogen (secondary N) is 1. The van der Waals surface area contributed by atoms with Crippen LogP contribution in [0.4, 0.5) is 5.69 Å². The van der Waals surface area contributed by atoms with Crippen LogP contribution in [0, 0.1) is 20.8 Å². The Morgan fingerprint density at radius 1 is 1.00 bits per heavy atom. The first kappa shape index (κ1) is 23.6. The van der Waals surface area contributed by atoms with Crippen LogP contribution < -0.4 is 10.2 Å². The summed E-state index contributed by atoms with van der Waals surface area (Å²) >= 11 is 1.51. The fraction of sp³-hybridized carbons (Fsp3) is 0.357. The lowest BCUT2D eigenvalue weighted by Gasteiger charge is -2.37.